The van der Waals surface area contributed by atoms with Gasteiger partial charge in [-0.15, -0.1) is 0 Å². The average Bonchev–Trinajstić information content (AvgIpc) is 2.78. The Morgan fingerprint density at radius 3 is 3.27 bits per heavy atom. The van der Waals surface area contributed by atoms with Crippen molar-refractivity contribution in [2.75, 3.05) is 6.54 Å². The molecule has 1 aliphatic rings. The Kier molecular flexibility index (Phi) is 2.44. The number of hydrogen-bond donors (Lipinski definition) is 1. The van der Waals surface area contributed by atoms with Gasteiger partial charge in [-0.1, -0.05) is 0 Å². The van der Waals surface area contributed by atoms with Gasteiger partial charge in [-0.3, -0.25) is 15.2 Å². The summed E-state index contributed by atoms with van der Waals surface area (Å²) in [6, 6.07) is 1.82. The molecule has 1 aliphatic heterocycles. The van der Waals surface area contributed by atoms with E-state index in [1.807, 2.05) is 6.07 Å². The summed E-state index contributed by atoms with van der Waals surface area (Å²) in [7, 11) is 0. The van der Waals surface area contributed by atoms with E-state index in [4.69, 9.17) is 0 Å². The molecule has 15 heavy (non-hydrogen) atoms. The summed E-state index contributed by atoms with van der Waals surface area (Å²) in [5, 5.41) is 16.9. The summed E-state index contributed by atoms with van der Waals surface area (Å²) in [4.78, 5) is 15.5. The van der Waals surface area contributed by atoms with Gasteiger partial charge in [0.05, 0.1) is 23.7 Å². The van der Waals surface area contributed by atoms with Crippen LogP contribution in [0.15, 0.2) is 29.3 Å². The summed E-state index contributed by atoms with van der Waals surface area (Å²) < 4.78 is 0. The van der Waals surface area contributed by atoms with Crippen LogP contribution in [0.2, 0.25) is 0 Å². The van der Waals surface area contributed by atoms with E-state index in [-0.39, 0.29) is 0 Å². The highest BCUT2D eigenvalue weighted by Gasteiger charge is 2.16. The number of aliphatic imine (C=N–C) groups is 1. The second-order valence-corrected chi connectivity index (χ2v) is 3.05. The lowest BCUT2D eigenvalue weighted by atomic mass is 10.4. The number of aromatic nitrogens is 2. The number of nitro groups is 1. The Morgan fingerprint density at radius 1 is 1.73 bits per heavy atom. The van der Waals surface area contributed by atoms with E-state index < -0.39 is 4.92 Å². The minimum absolute atomic E-state index is 0.370. The van der Waals surface area contributed by atoms with Crippen molar-refractivity contribution in [1.82, 2.24) is 15.1 Å². The molecule has 0 radical (unpaired) electrons. The Morgan fingerprint density at radius 2 is 2.60 bits per heavy atom. The first-order valence-electron chi connectivity index (χ1n) is 4.37. The summed E-state index contributed by atoms with van der Waals surface area (Å²) in [5.74, 6) is 0.370. The molecule has 0 saturated carbocycles. The van der Waals surface area contributed by atoms with Crippen LogP contribution in [0.4, 0.5) is 0 Å². The molecule has 7 heteroatoms. The van der Waals surface area contributed by atoms with Crippen LogP contribution < -0.4 is 0 Å². The summed E-state index contributed by atoms with van der Waals surface area (Å²) in [6.07, 6.45) is 4.19. The van der Waals surface area contributed by atoms with Gasteiger partial charge in [0.1, 0.15) is 0 Å². The van der Waals surface area contributed by atoms with Crippen LogP contribution in [0, 0.1) is 10.1 Å². The van der Waals surface area contributed by atoms with Crippen molar-refractivity contribution in [2.24, 2.45) is 4.99 Å². The molecule has 7 nitrogen and oxygen atoms in total. The molecule has 1 N–H and O–H groups in total. The molecule has 0 bridgehead atoms. The number of hydrogen-bond acceptors (Lipinski definition) is 5. The minimum atomic E-state index is -0.502. The predicted octanol–water partition coefficient (Wildman–Crippen LogP) is 0.372. The van der Waals surface area contributed by atoms with Gasteiger partial charge in [0.25, 0.3) is 6.20 Å². The molecular formula is C8H9N5O2. The molecule has 0 atom stereocenters. The Labute approximate surface area is 85.3 Å². The maximum absolute atomic E-state index is 10.3. The van der Waals surface area contributed by atoms with Crippen LogP contribution in [-0.2, 0) is 6.54 Å². The molecule has 2 rings (SSSR count). The second kappa shape index (κ2) is 3.91. The first-order chi connectivity index (χ1) is 7.25. The van der Waals surface area contributed by atoms with E-state index in [1.165, 1.54) is 0 Å². The fourth-order valence-electron chi connectivity index (χ4n) is 1.34. The largest absolute Gasteiger partial charge is 0.340 e. The number of H-pyrrole nitrogens is 1. The number of aromatic amines is 1. The maximum atomic E-state index is 10.3. The third kappa shape index (κ3) is 2.19. The smallest absolute Gasteiger partial charge is 0.276 e. The van der Waals surface area contributed by atoms with Crippen molar-refractivity contribution < 1.29 is 4.92 Å². The van der Waals surface area contributed by atoms with Crippen molar-refractivity contribution in [2.45, 2.75) is 6.54 Å². The molecular weight excluding hydrogens is 198 g/mol. The highest BCUT2D eigenvalue weighted by atomic mass is 16.6. The van der Waals surface area contributed by atoms with Gasteiger partial charge in [-0.05, 0) is 6.07 Å². The first kappa shape index (κ1) is 9.38. The maximum Gasteiger partial charge on any atom is 0.276 e. The lowest BCUT2D eigenvalue weighted by molar-refractivity contribution is -0.404. The molecule has 1 aromatic heterocycles. The van der Waals surface area contributed by atoms with Gasteiger partial charge >= 0.3 is 0 Å². The van der Waals surface area contributed by atoms with Crippen LogP contribution >= 0.6 is 0 Å². The zero-order valence-electron chi connectivity index (χ0n) is 7.83. The number of nitrogens with one attached hydrogen (secondary N) is 1. The first-order valence-corrected chi connectivity index (χ1v) is 4.37. The van der Waals surface area contributed by atoms with Crippen LogP contribution in [0.3, 0.4) is 0 Å². The zero-order chi connectivity index (χ0) is 10.7. The van der Waals surface area contributed by atoms with E-state index in [0.29, 0.717) is 18.9 Å². The normalized spacial score (nSPS) is 17.6. The molecule has 2 heterocycles. The van der Waals surface area contributed by atoms with Gasteiger partial charge in [0.2, 0.25) is 5.82 Å². The third-order valence-corrected chi connectivity index (χ3v) is 1.99. The predicted molar refractivity (Wildman–Crippen MR) is 52.6 cm³/mol. The Bertz CT molecular complexity index is 409. The summed E-state index contributed by atoms with van der Waals surface area (Å²) >= 11 is 0. The fraction of sp³-hybridized carbons (Fsp3) is 0.250. The van der Waals surface area contributed by atoms with Crippen molar-refractivity contribution in [1.29, 1.82) is 0 Å². The van der Waals surface area contributed by atoms with Gasteiger partial charge in [-0.25, -0.2) is 4.99 Å². The molecule has 0 aliphatic carbocycles. The monoisotopic (exact) mass is 207 g/mol. The van der Waals surface area contributed by atoms with E-state index in [2.05, 4.69) is 15.2 Å². The molecule has 0 aromatic carbocycles. The van der Waals surface area contributed by atoms with Crippen LogP contribution in [0.1, 0.15) is 5.69 Å². The van der Waals surface area contributed by atoms with E-state index >= 15 is 0 Å². The SMILES string of the molecule is O=[N+]([O-])C=C1N=CCN1Cc1ccn[nH]1. The highest BCUT2D eigenvalue weighted by molar-refractivity contribution is 5.64. The number of nitrogens with zero attached hydrogens (tertiary/aromatic N) is 4. The van der Waals surface area contributed by atoms with Crippen molar-refractivity contribution >= 4 is 6.21 Å². The molecule has 78 valence electrons. The van der Waals surface area contributed by atoms with Crippen molar-refractivity contribution in [3.8, 4) is 0 Å². The van der Waals surface area contributed by atoms with Crippen molar-refractivity contribution in [3.63, 3.8) is 0 Å². The Balaban J connectivity index is 2.07. The second-order valence-electron chi connectivity index (χ2n) is 3.05. The third-order valence-electron chi connectivity index (χ3n) is 1.99. The van der Waals surface area contributed by atoms with Crippen LogP contribution in [-0.4, -0.2) is 32.8 Å². The molecule has 0 saturated heterocycles. The van der Waals surface area contributed by atoms with E-state index in [1.54, 1.807) is 17.3 Å². The molecule has 0 amide bonds. The highest BCUT2D eigenvalue weighted by Crippen LogP contribution is 2.13. The van der Waals surface area contributed by atoms with Crippen molar-refractivity contribution in [3.05, 3.63) is 40.1 Å². The summed E-state index contributed by atoms with van der Waals surface area (Å²) in [6.45, 7) is 1.12. The minimum Gasteiger partial charge on any atom is -0.340 e. The fourth-order valence-corrected chi connectivity index (χ4v) is 1.34. The lowest BCUT2D eigenvalue weighted by Crippen LogP contribution is -2.19. The average molecular weight is 207 g/mol. The van der Waals surface area contributed by atoms with Crippen LogP contribution in [0.25, 0.3) is 0 Å². The molecule has 1 aromatic rings. The van der Waals surface area contributed by atoms with E-state index in [0.717, 1.165) is 11.9 Å². The molecule has 0 fully saturated rings. The topological polar surface area (TPSA) is 87.4 Å². The molecule has 0 unspecified atom stereocenters. The van der Waals surface area contributed by atoms with Gasteiger partial charge < -0.3 is 4.90 Å². The summed E-state index contributed by atoms with van der Waals surface area (Å²) in [5.41, 5.74) is 0.898. The molecule has 0 spiro atoms. The van der Waals surface area contributed by atoms with Gasteiger partial charge in [-0.2, -0.15) is 5.10 Å². The van der Waals surface area contributed by atoms with Crippen LogP contribution in [0.5, 0.6) is 0 Å². The van der Waals surface area contributed by atoms with Gasteiger partial charge in [0, 0.05) is 12.4 Å². The lowest BCUT2D eigenvalue weighted by Gasteiger charge is -2.14. The Hall–Kier alpha value is -2.18. The standard InChI is InChI=1S/C8H9N5O2/c14-13(15)6-8-9-3-4-12(8)5-7-1-2-10-11-7/h1-3,6H,4-5H2,(H,10,11). The quantitative estimate of drug-likeness (QED) is 0.573. The van der Waals surface area contributed by atoms with E-state index in [9.17, 15) is 10.1 Å². The van der Waals surface area contributed by atoms with Gasteiger partial charge in [0.15, 0.2) is 0 Å². The number of rotatable bonds is 3. The zero-order valence-corrected chi connectivity index (χ0v) is 7.83.